The van der Waals surface area contributed by atoms with Crippen molar-refractivity contribution < 1.29 is 9.59 Å². The van der Waals surface area contributed by atoms with E-state index in [1.807, 2.05) is 0 Å². The summed E-state index contributed by atoms with van der Waals surface area (Å²) in [5.41, 5.74) is 2.37. The normalized spacial score (nSPS) is 45.5. The van der Waals surface area contributed by atoms with Gasteiger partial charge in [0, 0.05) is 17.8 Å². The Morgan fingerprint density at radius 3 is 2.65 bits per heavy atom. The van der Waals surface area contributed by atoms with E-state index in [0.29, 0.717) is 24.0 Å². The van der Waals surface area contributed by atoms with E-state index in [-0.39, 0.29) is 22.5 Å². The molecule has 124 valence electrons. The molecule has 0 aromatic rings. The second-order valence-corrected chi connectivity index (χ2v) is 8.81. The molecule has 23 heavy (non-hydrogen) atoms. The van der Waals surface area contributed by atoms with Crippen molar-refractivity contribution in [2.45, 2.75) is 65.7 Å². The van der Waals surface area contributed by atoms with Crippen molar-refractivity contribution in [3.8, 4) is 0 Å². The van der Waals surface area contributed by atoms with E-state index in [2.05, 4.69) is 26.0 Å². The molecule has 5 atom stereocenters. The summed E-state index contributed by atoms with van der Waals surface area (Å²) in [6, 6.07) is 0. The minimum atomic E-state index is -0.208. The molecule has 0 bridgehead atoms. The Kier molecular flexibility index (Phi) is 3.28. The first-order valence-corrected chi connectivity index (χ1v) is 9.32. The summed E-state index contributed by atoms with van der Waals surface area (Å²) in [4.78, 5) is 25.3. The summed E-state index contributed by atoms with van der Waals surface area (Å²) in [5.74, 6) is 1.69. The van der Waals surface area contributed by atoms with Crippen LogP contribution in [0.4, 0.5) is 0 Å². The van der Waals surface area contributed by atoms with Gasteiger partial charge in [-0.2, -0.15) is 0 Å². The quantitative estimate of drug-likeness (QED) is 0.661. The molecule has 2 saturated carbocycles. The molecule has 0 spiro atoms. The molecule has 0 aromatic heterocycles. The highest BCUT2D eigenvalue weighted by atomic mass is 16.1. The number of rotatable bonds is 1. The topological polar surface area (TPSA) is 34.1 Å². The van der Waals surface area contributed by atoms with Gasteiger partial charge in [-0.1, -0.05) is 38.0 Å². The van der Waals surface area contributed by atoms with E-state index in [0.717, 1.165) is 18.4 Å². The number of allylic oxidation sites excluding steroid dienone is 4. The van der Waals surface area contributed by atoms with Gasteiger partial charge in [-0.3, -0.25) is 9.59 Å². The van der Waals surface area contributed by atoms with Gasteiger partial charge < -0.3 is 0 Å². The first-order valence-electron chi connectivity index (χ1n) is 9.32. The Bertz CT molecular complexity index is 640. The van der Waals surface area contributed by atoms with Gasteiger partial charge in [0.05, 0.1) is 0 Å². The highest BCUT2D eigenvalue weighted by Crippen LogP contribution is 2.63. The molecule has 4 aliphatic carbocycles. The lowest BCUT2D eigenvalue weighted by Gasteiger charge is -2.56. The maximum atomic E-state index is 13.2. The second-order valence-electron chi connectivity index (χ2n) is 8.81. The van der Waals surface area contributed by atoms with Crippen molar-refractivity contribution in [3.63, 3.8) is 0 Å². The van der Waals surface area contributed by atoms with Crippen molar-refractivity contribution in [1.29, 1.82) is 0 Å². The Labute approximate surface area is 139 Å². The third kappa shape index (κ3) is 1.93. The van der Waals surface area contributed by atoms with Gasteiger partial charge in [-0.05, 0) is 61.9 Å². The zero-order valence-corrected chi connectivity index (χ0v) is 14.7. The van der Waals surface area contributed by atoms with Crippen LogP contribution < -0.4 is 0 Å². The summed E-state index contributed by atoms with van der Waals surface area (Å²) in [7, 11) is 0. The SMILES string of the molecule is CC(=O)C1=CC[C@H]2[C@@H]3CC=C4CCCC[C@]4(C)[C@H]3C(=O)C[C@]12C. The number of ketones is 2. The smallest absolute Gasteiger partial charge is 0.156 e. The maximum Gasteiger partial charge on any atom is 0.156 e. The predicted octanol–water partition coefficient (Wildman–Crippen LogP) is 4.64. The van der Waals surface area contributed by atoms with E-state index in [1.165, 1.54) is 25.7 Å². The van der Waals surface area contributed by atoms with Crippen molar-refractivity contribution >= 4 is 11.6 Å². The molecule has 0 aliphatic heterocycles. The zero-order chi connectivity index (χ0) is 16.4. The molecule has 0 unspecified atom stereocenters. The number of Topliss-reactive ketones (excluding diaryl/α,β-unsaturated/α-hetero) is 2. The summed E-state index contributed by atoms with van der Waals surface area (Å²) in [6.07, 6.45) is 12.1. The van der Waals surface area contributed by atoms with E-state index in [9.17, 15) is 9.59 Å². The number of carbonyl (C=O) groups excluding carboxylic acids is 2. The lowest BCUT2D eigenvalue weighted by atomic mass is 9.47. The van der Waals surface area contributed by atoms with E-state index in [4.69, 9.17) is 0 Å². The maximum absolute atomic E-state index is 13.2. The fourth-order valence-electron chi connectivity index (χ4n) is 6.65. The average molecular weight is 312 g/mol. The predicted molar refractivity (Wildman–Crippen MR) is 90.9 cm³/mol. The lowest BCUT2D eigenvalue weighted by Crippen LogP contribution is -2.53. The van der Waals surface area contributed by atoms with E-state index in [1.54, 1.807) is 12.5 Å². The van der Waals surface area contributed by atoms with Crippen LogP contribution in [0, 0.1) is 28.6 Å². The van der Waals surface area contributed by atoms with Gasteiger partial charge >= 0.3 is 0 Å². The Morgan fingerprint density at radius 1 is 1.13 bits per heavy atom. The molecule has 0 radical (unpaired) electrons. The first kappa shape index (κ1) is 15.4. The van der Waals surface area contributed by atoms with Crippen LogP contribution in [0.1, 0.15) is 65.7 Å². The van der Waals surface area contributed by atoms with Crippen LogP contribution in [0.3, 0.4) is 0 Å². The third-order valence-electron chi connectivity index (χ3n) is 7.67. The monoisotopic (exact) mass is 312 g/mol. The summed E-state index contributed by atoms with van der Waals surface area (Å²) in [6.45, 7) is 6.19. The van der Waals surface area contributed by atoms with Crippen molar-refractivity contribution in [2.75, 3.05) is 0 Å². The highest BCUT2D eigenvalue weighted by Gasteiger charge is 2.60. The van der Waals surface area contributed by atoms with Crippen LogP contribution in [0.15, 0.2) is 23.3 Å². The Balaban J connectivity index is 1.75. The molecule has 0 saturated heterocycles. The van der Waals surface area contributed by atoms with Crippen LogP contribution in [0.25, 0.3) is 0 Å². The molecule has 0 aromatic carbocycles. The molecule has 2 nitrogen and oxygen atoms in total. The number of fused-ring (bicyclic) bond motifs is 5. The Hall–Kier alpha value is -1.18. The fraction of sp³-hybridized carbons (Fsp3) is 0.714. The van der Waals surface area contributed by atoms with E-state index >= 15 is 0 Å². The molecule has 0 amide bonds. The zero-order valence-electron chi connectivity index (χ0n) is 14.7. The second kappa shape index (κ2) is 4.91. The van der Waals surface area contributed by atoms with Crippen LogP contribution in [0.2, 0.25) is 0 Å². The fourth-order valence-corrected chi connectivity index (χ4v) is 6.65. The van der Waals surface area contributed by atoms with Crippen LogP contribution in [-0.4, -0.2) is 11.6 Å². The molecule has 4 aliphatic rings. The minimum absolute atomic E-state index is 0.0958. The molecule has 4 rings (SSSR count). The van der Waals surface area contributed by atoms with Crippen LogP contribution >= 0.6 is 0 Å². The number of hydrogen-bond acceptors (Lipinski definition) is 2. The molecular formula is C21H28O2. The largest absolute Gasteiger partial charge is 0.299 e. The highest BCUT2D eigenvalue weighted by molar-refractivity contribution is 5.97. The van der Waals surface area contributed by atoms with Gasteiger partial charge in [0.15, 0.2) is 5.78 Å². The molecule has 2 fully saturated rings. The lowest BCUT2D eigenvalue weighted by molar-refractivity contribution is -0.141. The van der Waals surface area contributed by atoms with Gasteiger partial charge in [0.25, 0.3) is 0 Å². The third-order valence-corrected chi connectivity index (χ3v) is 7.67. The van der Waals surface area contributed by atoms with E-state index < -0.39 is 0 Å². The van der Waals surface area contributed by atoms with Gasteiger partial charge in [0.1, 0.15) is 5.78 Å². The number of hydrogen-bond donors (Lipinski definition) is 0. The minimum Gasteiger partial charge on any atom is -0.299 e. The average Bonchev–Trinajstić information content (AvgIpc) is 2.82. The van der Waals surface area contributed by atoms with Gasteiger partial charge in [-0.15, -0.1) is 0 Å². The summed E-state index contributed by atoms with van der Waals surface area (Å²) >= 11 is 0. The molecule has 0 heterocycles. The molecule has 0 N–H and O–H groups in total. The number of carbonyl (C=O) groups is 2. The van der Waals surface area contributed by atoms with Gasteiger partial charge in [-0.25, -0.2) is 0 Å². The van der Waals surface area contributed by atoms with Crippen LogP contribution in [-0.2, 0) is 9.59 Å². The Morgan fingerprint density at radius 2 is 1.91 bits per heavy atom. The molecule has 2 heteroatoms. The van der Waals surface area contributed by atoms with Crippen molar-refractivity contribution in [2.24, 2.45) is 28.6 Å². The van der Waals surface area contributed by atoms with Crippen molar-refractivity contribution in [1.82, 2.24) is 0 Å². The first-order chi connectivity index (χ1) is 10.9. The summed E-state index contributed by atoms with van der Waals surface area (Å²) in [5, 5.41) is 0. The standard InChI is InChI=1S/C21H28O2/c1-13(22)16-9-10-17-15-8-7-14-6-4-5-11-20(14,2)19(15)18(23)12-21(16,17)3/h7,9,15,17,19H,4-6,8,10-12H2,1-3H3/t15-,17-,19+,20-,21+/m0/s1. The summed E-state index contributed by atoms with van der Waals surface area (Å²) < 4.78 is 0. The van der Waals surface area contributed by atoms with Gasteiger partial charge in [0.2, 0.25) is 0 Å². The van der Waals surface area contributed by atoms with Crippen LogP contribution in [0.5, 0.6) is 0 Å². The molecular weight excluding hydrogens is 284 g/mol. The van der Waals surface area contributed by atoms with Crippen molar-refractivity contribution in [3.05, 3.63) is 23.3 Å².